The lowest BCUT2D eigenvalue weighted by Crippen LogP contribution is -1.95. The van der Waals surface area contributed by atoms with Gasteiger partial charge in [0.1, 0.15) is 11.2 Å². The molecule has 0 amide bonds. The fourth-order valence-corrected chi connectivity index (χ4v) is 10.8. The van der Waals surface area contributed by atoms with E-state index in [0.717, 1.165) is 44.3 Å². The Labute approximate surface area is 399 Å². The fourth-order valence-electron chi connectivity index (χ4n) is 10.8. The number of furan rings is 1. The molecule has 3 nitrogen and oxygen atoms in total. The molecular formula is C66H42N2O. The standard InChI is InChI=1S/C66H42N2O/c1-4-15-43(16-5-1)47-27-31-63-58(39-47)59-41-49(29-33-64(59)68(63)54-30-34-66-60(42-54)56-24-11-13-26-65(56)69-66)48-28-32-62-57(40-48)55-23-10-12-25-61(55)67(62)53-22-14-21-46(38-53)52-36-50(44-17-6-2-7-18-44)35-51(37-52)45-19-8-3-9-20-45/h1-42H. The molecule has 0 radical (unpaired) electrons. The van der Waals surface area contributed by atoms with Crippen LogP contribution in [0, 0.1) is 0 Å². The Kier molecular flexibility index (Phi) is 8.90. The van der Waals surface area contributed by atoms with Crippen LogP contribution in [0.15, 0.2) is 259 Å². The Morgan fingerprint density at radius 3 is 1.20 bits per heavy atom. The quantitative estimate of drug-likeness (QED) is 0.156. The van der Waals surface area contributed by atoms with Gasteiger partial charge in [-0.1, -0.05) is 158 Å². The maximum absolute atomic E-state index is 6.26. The van der Waals surface area contributed by atoms with Crippen molar-refractivity contribution < 1.29 is 4.42 Å². The fraction of sp³-hybridized carbons (Fsp3) is 0. The van der Waals surface area contributed by atoms with Crippen LogP contribution in [0.2, 0.25) is 0 Å². The van der Waals surface area contributed by atoms with Gasteiger partial charge in [-0.3, -0.25) is 0 Å². The molecule has 0 saturated carbocycles. The van der Waals surface area contributed by atoms with E-state index >= 15 is 0 Å². The van der Waals surface area contributed by atoms with Crippen molar-refractivity contribution in [3.63, 3.8) is 0 Å². The average molecular weight is 879 g/mol. The van der Waals surface area contributed by atoms with Gasteiger partial charge in [-0.15, -0.1) is 0 Å². The molecule has 0 fully saturated rings. The lowest BCUT2D eigenvalue weighted by Gasteiger charge is -2.14. The number of nitrogens with zero attached hydrogens (tertiary/aromatic N) is 2. The summed E-state index contributed by atoms with van der Waals surface area (Å²) in [5.41, 5.74) is 20.6. The summed E-state index contributed by atoms with van der Waals surface area (Å²) < 4.78 is 11.1. The molecule has 0 aliphatic heterocycles. The van der Waals surface area contributed by atoms with E-state index < -0.39 is 0 Å². The van der Waals surface area contributed by atoms with E-state index in [9.17, 15) is 0 Å². The second-order valence-corrected chi connectivity index (χ2v) is 18.1. The van der Waals surface area contributed by atoms with Crippen LogP contribution in [0.5, 0.6) is 0 Å². The van der Waals surface area contributed by atoms with Crippen LogP contribution in [0.4, 0.5) is 0 Å². The summed E-state index contributed by atoms with van der Waals surface area (Å²) in [6.45, 7) is 0. The number of benzene rings is 11. The molecule has 0 atom stereocenters. The Hall–Kier alpha value is -9.18. The van der Waals surface area contributed by atoms with Crippen LogP contribution in [0.25, 0.3) is 133 Å². The Balaban J connectivity index is 0.912. The molecule has 0 aliphatic carbocycles. The van der Waals surface area contributed by atoms with Gasteiger partial charge < -0.3 is 13.6 Å². The van der Waals surface area contributed by atoms with Crippen LogP contribution in [-0.2, 0) is 0 Å². The van der Waals surface area contributed by atoms with Crippen molar-refractivity contribution in [3.05, 3.63) is 255 Å². The molecule has 0 saturated heterocycles. The first-order valence-corrected chi connectivity index (χ1v) is 23.6. The van der Waals surface area contributed by atoms with Crippen molar-refractivity contribution >= 4 is 65.6 Å². The maximum atomic E-state index is 6.26. The van der Waals surface area contributed by atoms with E-state index in [-0.39, 0.29) is 0 Å². The second-order valence-electron chi connectivity index (χ2n) is 18.1. The molecule has 0 spiro atoms. The van der Waals surface area contributed by atoms with Crippen molar-refractivity contribution in [2.75, 3.05) is 0 Å². The molecule has 14 aromatic rings. The third-order valence-electron chi connectivity index (χ3n) is 14.1. The lowest BCUT2D eigenvalue weighted by molar-refractivity contribution is 0.669. The number of fused-ring (bicyclic) bond motifs is 9. The van der Waals surface area contributed by atoms with Crippen LogP contribution in [-0.4, -0.2) is 9.13 Å². The van der Waals surface area contributed by atoms with Crippen molar-refractivity contribution in [3.8, 4) is 67.0 Å². The first kappa shape index (κ1) is 39.0. The molecule has 3 aromatic heterocycles. The van der Waals surface area contributed by atoms with Gasteiger partial charge in [0.2, 0.25) is 0 Å². The number of hydrogen-bond donors (Lipinski definition) is 0. The Bertz CT molecular complexity index is 4230. The normalized spacial score (nSPS) is 11.8. The van der Waals surface area contributed by atoms with Crippen LogP contribution in [0.3, 0.4) is 0 Å². The summed E-state index contributed by atoms with van der Waals surface area (Å²) >= 11 is 0. The van der Waals surface area contributed by atoms with Crippen molar-refractivity contribution in [1.29, 1.82) is 0 Å². The molecule has 3 heteroatoms. The van der Waals surface area contributed by atoms with Gasteiger partial charge in [0, 0.05) is 43.7 Å². The molecular weight excluding hydrogens is 837 g/mol. The van der Waals surface area contributed by atoms with E-state index in [1.54, 1.807) is 0 Å². The highest BCUT2D eigenvalue weighted by Crippen LogP contribution is 2.42. The van der Waals surface area contributed by atoms with Gasteiger partial charge in [0.25, 0.3) is 0 Å². The zero-order valence-corrected chi connectivity index (χ0v) is 37.6. The van der Waals surface area contributed by atoms with Gasteiger partial charge in [0.15, 0.2) is 0 Å². The summed E-state index contributed by atoms with van der Waals surface area (Å²) in [7, 11) is 0. The zero-order valence-electron chi connectivity index (χ0n) is 37.6. The van der Waals surface area contributed by atoms with E-state index in [1.807, 2.05) is 12.1 Å². The zero-order chi connectivity index (χ0) is 45.4. The number of rotatable bonds is 7. The molecule has 0 aliphatic rings. The summed E-state index contributed by atoms with van der Waals surface area (Å²) in [6, 6.07) is 92.7. The van der Waals surface area contributed by atoms with Gasteiger partial charge in [-0.25, -0.2) is 0 Å². The molecule has 11 aromatic carbocycles. The smallest absolute Gasteiger partial charge is 0.135 e. The first-order valence-electron chi connectivity index (χ1n) is 23.6. The number of hydrogen-bond acceptors (Lipinski definition) is 1. The molecule has 3 heterocycles. The van der Waals surface area contributed by atoms with E-state index in [4.69, 9.17) is 4.42 Å². The molecule has 0 unspecified atom stereocenters. The monoisotopic (exact) mass is 878 g/mol. The van der Waals surface area contributed by atoms with E-state index in [1.165, 1.54) is 88.2 Å². The lowest BCUT2D eigenvalue weighted by atomic mass is 9.93. The maximum Gasteiger partial charge on any atom is 0.135 e. The number of aromatic nitrogens is 2. The highest BCUT2D eigenvalue weighted by molar-refractivity contribution is 6.14. The van der Waals surface area contributed by atoms with E-state index in [0.29, 0.717) is 0 Å². The SMILES string of the molecule is c1ccc(-c2cc(-c3ccccc3)cc(-c3cccc(-n4c5ccccc5c5cc(-c6ccc7c(c6)c6cc(-c8ccccc8)ccc6n7-c6ccc7oc8ccccc8c7c6)ccc54)c3)c2)cc1. The van der Waals surface area contributed by atoms with Gasteiger partial charge in [-0.2, -0.15) is 0 Å². The predicted octanol–water partition coefficient (Wildman–Crippen LogP) is 18.1. The summed E-state index contributed by atoms with van der Waals surface area (Å²) in [5, 5.41) is 7.12. The molecule has 14 rings (SSSR count). The van der Waals surface area contributed by atoms with Gasteiger partial charge in [-0.05, 0) is 153 Å². The molecule has 322 valence electrons. The van der Waals surface area contributed by atoms with Crippen molar-refractivity contribution in [2.24, 2.45) is 0 Å². The predicted molar refractivity (Wildman–Crippen MR) is 290 cm³/mol. The van der Waals surface area contributed by atoms with Crippen LogP contribution in [0.1, 0.15) is 0 Å². The Morgan fingerprint density at radius 1 is 0.203 bits per heavy atom. The molecule has 0 N–H and O–H groups in total. The van der Waals surface area contributed by atoms with Crippen LogP contribution >= 0.6 is 0 Å². The van der Waals surface area contributed by atoms with Gasteiger partial charge >= 0.3 is 0 Å². The van der Waals surface area contributed by atoms with Crippen molar-refractivity contribution in [1.82, 2.24) is 9.13 Å². The minimum absolute atomic E-state index is 0.893. The second kappa shape index (κ2) is 15.7. The first-order chi connectivity index (χ1) is 34.2. The van der Waals surface area contributed by atoms with E-state index in [2.05, 4.69) is 252 Å². The minimum atomic E-state index is 0.893. The highest BCUT2D eigenvalue weighted by Gasteiger charge is 2.19. The highest BCUT2D eigenvalue weighted by atomic mass is 16.3. The molecule has 0 bridgehead atoms. The summed E-state index contributed by atoms with van der Waals surface area (Å²) in [4.78, 5) is 0. The topological polar surface area (TPSA) is 23.0 Å². The summed E-state index contributed by atoms with van der Waals surface area (Å²) in [6.07, 6.45) is 0. The number of para-hydroxylation sites is 2. The average Bonchev–Trinajstić information content (AvgIpc) is 4.08. The summed E-state index contributed by atoms with van der Waals surface area (Å²) in [5.74, 6) is 0. The van der Waals surface area contributed by atoms with Crippen molar-refractivity contribution in [2.45, 2.75) is 0 Å². The largest absolute Gasteiger partial charge is 0.456 e. The molecule has 69 heavy (non-hydrogen) atoms. The van der Waals surface area contributed by atoms with Gasteiger partial charge in [0.05, 0.1) is 22.1 Å². The Morgan fingerprint density at radius 2 is 0.609 bits per heavy atom. The third kappa shape index (κ3) is 6.51. The minimum Gasteiger partial charge on any atom is -0.456 e. The third-order valence-corrected chi connectivity index (χ3v) is 14.1. The van der Waals surface area contributed by atoms with Crippen LogP contribution < -0.4 is 0 Å².